The standard InChI is InChI=1S/C15H25N3O3/c1-12(2)6-11-21-13-4-3-9-18(15(13)20)10-5-14(19)17-8-7-16/h3-4,9,12H,5-8,10-11,16H2,1-2H3,(H,17,19). The van der Waals surface area contributed by atoms with Crippen LogP contribution < -0.4 is 21.3 Å². The highest BCUT2D eigenvalue weighted by Crippen LogP contribution is 2.05. The first kappa shape index (κ1) is 17.2. The van der Waals surface area contributed by atoms with Crippen molar-refractivity contribution in [3.05, 3.63) is 28.7 Å². The summed E-state index contributed by atoms with van der Waals surface area (Å²) in [7, 11) is 0. The minimum absolute atomic E-state index is 0.113. The highest BCUT2D eigenvalue weighted by molar-refractivity contribution is 5.75. The number of nitrogens with two attached hydrogens (primary N) is 1. The molecule has 6 nitrogen and oxygen atoms in total. The van der Waals surface area contributed by atoms with Gasteiger partial charge in [-0.2, -0.15) is 0 Å². The van der Waals surface area contributed by atoms with Gasteiger partial charge in [0.25, 0.3) is 5.56 Å². The molecule has 1 amide bonds. The van der Waals surface area contributed by atoms with Gasteiger partial charge in [-0.1, -0.05) is 13.8 Å². The van der Waals surface area contributed by atoms with Gasteiger partial charge in [0.05, 0.1) is 6.61 Å². The topological polar surface area (TPSA) is 86.3 Å². The van der Waals surface area contributed by atoms with Crippen LogP contribution in [-0.2, 0) is 11.3 Å². The molecule has 0 saturated carbocycles. The van der Waals surface area contributed by atoms with E-state index < -0.39 is 0 Å². The molecule has 6 heteroatoms. The normalized spacial score (nSPS) is 10.7. The second kappa shape index (κ2) is 9.18. The van der Waals surface area contributed by atoms with Crippen LogP contribution in [0.15, 0.2) is 23.1 Å². The SMILES string of the molecule is CC(C)CCOc1cccn(CCC(=O)NCCN)c1=O. The Kier molecular flexibility index (Phi) is 7.53. The molecule has 0 aliphatic rings. The van der Waals surface area contributed by atoms with Crippen molar-refractivity contribution in [2.24, 2.45) is 11.7 Å². The lowest BCUT2D eigenvalue weighted by Gasteiger charge is -2.10. The Hall–Kier alpha value is -1.82. The first-order valence-electron chi connectivity index (χ1n) is 7.33. The number of hydrogen-bond donors (Lipinski definition) is 2. The number of carbonyl (C=O) groups is 1. The van der Waals surface area contributed by atoms with Gasteiger partial charge in [0.2, 0.25) is 5.91 Å². The Morgan fingerprint density at radius 3 is 2.90 bits per heavy atom. The summed E-state index contributed by atoms with van der Waals surface area (Å²) in [5.74, 6) is 0.751. The van der Waals surface area contributed by atoms with E-state index in [-0.39, 0.29) is 17.9 Å². The largest absolute Gasteiger partial charge is 0.488 e. The van der Waals surface area contributed by atoms with Crippen LogP contribution in [0.25, 0.3) is 0 Å². The maximum Gasteiger partial charge on any atom is 0.292 e. The molecule has 0 bridgehead atoms. The van der Waals surface area contributed by atoms with E-state index in [9.17, 15) is 9.59 Å². The first-order valence-corrected chi connectivity index (χ1v) is 7.33. The molecule has 0 aromatic carbocycles. The van der Waals surface area contributed by atoms with E-state index >= 15 is 0 Å². The number of aromatic nitrogens is 1. The van der Waals surface area contributed by atoms with Crippen molar-refractivity contribution < 1.29 is 9.53 Å². The zero-order chi connectivity index (χ0) is 15.7. The average Bonchev–Trinajstić information content (AvgIpc) is 2.45. The Morgan fingerprint density at radius 2 is 2.24 bits per heavy atom. The van der Waals surface area contributed by atoms with Crippen molar-refractivity contribution in [2.45, 2.75) is 33.2 Å². The van der Waals surface area contributed by atoms with E-state index in [1.165, 1.54) is 4.57 Å². The lowest BCUT2D eigenvalue weighted by Crippen LogP contribution is -2.31. The Morgan fingerprint density at radius 1 is 1.48 bits per heavy atom. The molecule has 0 radical (unpaired) electrons. The van der Waals surface area contributed by atoms with Gasteiger partial charge in [-0.15, -0.1) is 0 Å². The zero-order valence-electron chi connectivity index (χ0n) is 12.8. The molecular weight excluding hydrogens is 270 g/mol. The summed E-state index contributed by atoms with van der Waals surface area (Å²) in [6.45, 7) is 5.92. The van der Waals surface area contributed by atoms with Crippen LogP contribution in [0.4, 0.5) is 0 Å². The maximum atomic E-state index is 12.2. The summed E-state index contributed by atoms with van der Waals surface area (Å²) in [5.41, 5.74) is 5.11. The van der Waals surface area contributed by atoms with Crippen LogP contribution in [0.1, 0.15) is 26.7 Å². The first-order chi connectivity index (χ1) is 10.0. The molecule has 1 aromatic rings. The molecule has 3 N–H and O–H groups in total. The third-order valence-electron chi connectivity index (χ3n) is 2.98. The van der Waals surface area contributed by atoms with Crippen LogP contribution in [0.5, 0.6) is 5.75 Å². The minimum Gasteiger partial charge on any atom is -0.488 e. The summed E-state index contributed by atoms with van der Waals surface area (Å²) < 4.78 is 7.00. The molecule has 21 heavy (non-hydrogen) atoms. The van der Waals surface area contributed by atoms with E-state index in [1.807, 2.05) is 0 Å². The van der Waals surface area contributed by atoms with Crippen LogP contribution >= 0.6 is 0 Å². The van der Waals surface area contributed by atoms with Gasteiger partial charge in [0.1, 0.15) is 0 Å². The molecule has 0 aliphatic heterocycles. The maximum absolute atomic E-state index is 12.2. The lowest BCUT2D eigenvalue weighted by atomic mass is 10.1. The fourth-order valence-corrected chi connectivity index (χ4v) is 1.73. The number of pyridine rings is 1. The van der Waals surface area contributed by atoms with E-state index in [4.69, 9.17) is 10.5 Å². The number of rotatable bonds is 9. The lowest BCUT2D eigenvalue weighted by molar-refractivity contribution is -0.121. The molecule has 0 unspecified atom stereocenters. The van der Waals surface area contributed by atoms with Gasteiger partial charge in [-0.3, -0.25) is 9.59 Å². The fraction of sp³-hybridized carbons (Fsp3) is 0.600. The molecule has 0 atom stereocenters. The quantitative estimate of drug-likeness (QED) is 0.703. The van der Waals surface area contributed by atoms with Crippen LogP contribution in [-0.4, -0.2) is 30.2 Å². The highest BCUT2D eigenvalue weighted by atomic mass is 16.5. The van der Waals surface area contributed by atoms with Crippen molar-refractivity contribution in [3.8, 4) is 5.75 Å². The van der Waals surface area contributed by atoms with Gasteiger partial charge in [0, 0.05) is 32.3 Å². The Balaban J connectivity index is 2.55. The van der Waals surface area contributed by atoms with Gasteiger partial charge in [-0.05, 0) is 24.5 Å². The summed E-state index contributed by atoms with van der Waals surface area (Å²) >= 11 is 0. The highest BCUT2D eigenvalue weighted by Gasteiger charge is 2.07. The molecule has 0 saturated heterocycles. The van der Waals surface area contributed by atoms with Crippen LogP contribution in [0.2, 0.25) is 0 Å². The van der Waals surface area contributed by atoms with Crippen molar-refractivity contribution >= 4 is 5.91 Å². The second-order valence-electron chi connectivity index (χ2n) is 5.29. The predicted octanol–water partition coefficient (Wildman–Crippen LogP) is 0.738. The zero-order valence-corrected chi connectivity index (χ0v) is 12.8. The van der Waals surface area contributed by atoms with Crippen molar-refractivity contribution in [2.75, 3.05) is 19.7 Å². The number of ether oxygens (including phenoxy) is 1. The van der Waals surface area contributed by atoms with E-state index in [0.29, 0.717) is 37.9 Å². The molecule has 1 rings (SSSR count). The van der Waals surface area contributed by atoms with Gasteiger partial charge in [0.15, 0.2) is 5.75 Å². The van der Waals surface area contributed by atoms with E-state index in [2.05, 4.69) is 19.2 Å². The van der Waals surface area contributed by atoms with Crippen molar-refractivity contribution in [1.29, 1.82) is 0 Å². The van der Waals surface area contributed by atoms with Gasteiger partial charge < -0.3 is 20.4 Å². The summed E-state index contributed by atoms with van der Waals surface area (Å²) in [4.78, 5) is 23.7. The molecule has 0 aliphatic carbocycles. The van der Waals surface area contributed by atoms with Gasteiger partial charge >= 0.3 is 0 Å². The molecule has 1 heterocycles. The molecule has 0 spiro atoms. The summed E-state index contributed by atoms with van der Waals surface area (Å²) in [6, 6.07) is 3.41. The predicted molar refractivity (Wildman–Crippen MR) is 82.3 cm³/mol. The monoisotopic (exact) mass is 295 g/mol. The van der Waals surface area contributed by atoms with E-state index in [1.54, 1.807) is 18.3 Å². The van der Waals surface area contributed by atoms with Crippen molar-refractivity contribution in [1.82, 2.24) is 9.88 Å². The fourth-order valence-electron chi connectivity index (χ4n) is 1.73. The van der Waals surface area contributed by atoms with Gasteiger partial charge in [-0.25, -0.2) is 0 Å². The average molecular weight is 295 g/mol. The number of aryl methyl sites for hydroxylation is 1. The third-order valence-corrected chi connectivity index (χ3v) is 2.98. The summed E-state index contributed by atoms with van der Waals surface area (Å²) in [6.07, 6.45) is 2.80. The number of hydrogen-bond acceptors (Lipinski definition) is 4. The van der Waals surface area contributed by atoms with Crippen molar-refractivity contribution in [3.63, 3.8) is 0 Å². The second-order valence-corrected chi connectivity index (χ2v) is 5.29. The molecular formula is C15H25N3O3. The Labute approximate surface area is 125 Å². The summed E-state index contributed by atoms with van der Waals surface area (Å²) in [5, 5.41) is 2.67. The van der Waals surface area contributed by atoms with Crippen LogP contribution in [0, 0.1) is 5.92 Å². The Bertz CT molecular complexity index is 497. The number of nitrogens with one attached hydrogen (secondary N) is 1. The number of nitrogens with zero attached hydrogens (tertiary/aromatic N) is 1. The number of carbonyl (C=O) groups excluding carboxylic acids is 1. The van der Waals surface area contributed by atoms with Crippen LogP contribution in [0.3, 0.4) is 0 Å². The molecule has 118 valence electrons. The minimum atomic E-state index is -0.201. The smallest absolute Gasteiger partial charge is 0.292 e. The third kappa shape index (κ3) is 6.44. The number of amides is 1. The van der Waals surface area contributed by atoms with E-state index in [0.717, 1.165) is 6.42 Å². The molecule has 0 fully saturated rings. The molecule has 1 aromatic heterocycles.